The molecule has 0 spiro atoms. The fraction of sp³-hybridized carbons (Fsp3) is 0.0714. The van der Waals surface area contributed by atoms with E-state index >= 15 is 0 Å². The highest BCUT2D eigenvalue weighted by molar-refractivity contribution is 5.90. The summed E-state index contributed by atoms with van der Waals surface area (Å²) in [6, 6.07) is 12.5. The average molecular weight is 227 g/mol. The normalized spacial score (nSPS) is 10.2. The monoisotopic (exact) mass is 227 g/mol. The molecule has 0 aliphatic heterocycles. The van der Waals surface area contributed by atoms with E-state index in [0.717, 1.165) is 16.7 Å². The summed E-state index contributed by atoms with van der Waals surface area (Å²) in [7, 11) is 0. The average Bonchev–Trinajstić information content (AvgIpc) is 2.31. The fourth-order valence-corrected chi connectivity index (χ4v) is 1.73. The van der Waals surface area contributed by atoms with Crippen molar-refractivity contribution in [1.82, 2.24) is 0 Å². The molecule has 0 aromatic heterocycles. The number of benzene rings is 2. The Morgan fingerprint density at radius 1 is 1.12 bits per heavy atom. The summed E-state index contributed by atoms with van der Waals surface area (Å²) in [5, 5.41) is 8.97. The van der Waals surface area contributed by atoms with Crippen LogP contribution in [0.5, 0.6) is 0 Å². The summed E-state index contributed by atoms with van der Waals surface area (Å²) < 4.78 is 0. The summed E-state index contributed by atoms with van der Waals surface area (Å²) in [5.41, 5.74) is 9.55. The Hall–Kier alpha value is -2.29. The molecule has 0 heterocycles. The molecule has 3 N–H and O–H groups in total. The quantitative estimate of drug-likeness (QED) is 0.775. The number of rotatable bonds is 2. The maximum Gasteiger partial charge on any atom is 0.335 e. The Bertz CT molecular complexity index is 559. The van der Waals surface area contributed by atoms with E-state index in [1.165, 1.54) is 0 Å². The molecule has 2 aromatic carbocycles. The van der Waals surface area contributed by atoms with E-state index < -0.39 is 5.97 Å². The van der Waals surface area contributed by atoms with Gasteiger partial charge >= 0.3 is 5.97 Å². The highest BCUT2D eigenvalue weighted by atomic mass is 16.4. The number of hydrogen-bond acceptors (Lipinski definition) is 2. The number of carboxylic acid groups (broad SMARTS) is 1. The highest BCUT2D eigenvalue weighted by Gasteiger charge is 2.07. The molecule has 0 atom stereocenters. The number of aryl methyl sites for hydroxylation is 1. The lowest BCUT2D eigenvalue weighted by molar-refractivity contribution is 0.0697. The number of carboxylic acids is 1. The number of nitrogen functional groups attached to an aromatic ring is 1. The van der Waals surface area contributed by atoms with Crippen LogP contribution in [0.15, 0.2) is 42.5 Å². The zero-order chi connectivity index (χ0) is 12.4. The van der Waals surface area contributed by atoms with Crippen molar-refractivity contribution in [1.29, 1.82) is 0 Å². The standard InChI is InChI=1S/C14H13NO2/c1-9-2-3-11(14(16)17)8-13(9)10-4-6-12(15)7-5-10/h2-8H,15H2,1H3,(H,16,17). The van der Waals surface area contributed by atoms with Crippen LogP contribution < -0.4 is 5.73 Å². The first-order valence-corrected chi connectivity index (χ1v) is 5.28. The lowest BCUT2D eigenvalue weighted by atomic mass is 9.98. The van der Waals surface area contributed by atoms with Crippen molar-refractivity contribution in [2.24, 2.45) is 0 Å². The van der Waals surface area contributed by atoms with Gasteiger partial charge in [-0.25, -0.2) is 4.79 Å². The molecule has 17 heavy (non-hydrogen) atoms. The van der Waals surface area contributed by atoms with Crippen LogP contribution in [-0.4, -0.2) is 11.1 Å². The van der Waals surface area contributed by atoms with Crippen LogP contribution in [0.2, 0.25) is 0 Å². The van der Waals surface area contributed by atoms with Crippen LogP contribution in [0, 0.1) is 6.92 Å². The van der Waals surface area contributed by atoms with Crippen LogP contribution in [-0.2, 0) is 0 Å². The zero-order valence-corrected chi connectivity index (χ0v) is 9.47. The first kappa shape index (κ1) is 11.2. The van der Waals surface area contributed by atoms with Gasteiger partial charge in [0.25, 0.3) is 0 Å². The molecule has 0 unspecified atom stereocenters. The van der Waals surface area contributed by atoms with Crippen molar-refractivity contribution in [2.45, 2.75) is 6.92 Å². The number of hydrogen-bond donors (Lipinski definition) is 2. The Morgan fingerprint density at radius 2 is 1.76 bits per heavy atom. The Kier molecular flexibility index (Phi) is 2.83. The summed E-state index contributed by atoms with van der Waals surface area (Å²) >= 11 is 0. The summed E-state index contributed by atoms with van der Waals surface area (Å²) in [4.78, 5) is 10.9. The first-order chi connectivity index (χ1) is 8.08. The molecule has 0 amide bonds. The Morgan fingerprint density at radius 3 is 2.35 bits per heavy atom. The van der Waals surface area contributed by atoms with E-state index in [2.05, 4.69) is 0 Å². The second kappa shape index (κ2) is 4.29. The van der Waals surface area contributed by atoms with Crippen molar-refractivity contribution < 1.29 is 9.90 Å². The van der Waals surface area contributed by atoms with E-state index in [1.807, 2.05) is 37.3 Å². The van der Waals surface area contributed by atoms with Crippen LogP contribution in [0.3, 0.4) is 0 Å². The first-order valence-electron chi connectivity index (χ1n) is 5.28. The molecule has 0 radical (unpaired) electrons. The van der Waals surface area contributed by atoms with Gasteiger partial charge in [0.15, 0.2) is 0 Å². The number of nitrogens with two attached hydrogens (primary N) is 1. The van der Waals surface area contributed by atoms with Gasteiger partial charge in [-0.3, -0.25) is 0 Å². The minimum atomic E-state index is -0.915. The van der Waals surface area contributed by atoms with Gasteiger partial charge in [-0.2, -0.15) is 0 Å². The van der Waals surface area contributed by atoms with E-state index in [-0.39, 0.29) is 0 Å². The molecule has 0 aliphatic rings. The number of carbonyl (C=O) groups is 1. The largest absolute Gasteiger partial charge is 0.478 e. The minimum Gasteiger partial charge on any atom is -0.478 e. The molecule has 2 aromatic rings. The van der Waals surface area contributed by atoms with Crippen molar-refractivity contribution in [3.8, 4) is 11.1 Å². The highest BCUT2D eigenvalue weighted by Crippen LogP contribution is 2.25. The van der Waals surface area contributed by atoms with Gasteiger partial charge in [0.05, 0.1) is 5.56 Å². The second-order valence-electron chi connectivity index (χ2n) is 3.96. The predicted molar refractivity (Wildman–Crippen MR) is 68.0 cm³/mol. The van der Waals surface area contributed by atoms with Crippen molar-refractivity contribution in [2.75, 3.05) is 5.73 Å². The third-order valence-electron chi connectivity index (χ3n) is 2.71. The molecular formula is C14H13NO2. The lowest BCUT2D eigenvalue weighted by Crippen LogP contribution is -1.97. The van der Waals surface area contributed by atoms with Crippen LogP contribution in [0.25, 0.3) is 11.1 Å². The van der Waals surface area contributed by atoms with Crippen molar-refractivity contribution in [3.63, 3.8) is 0 Å². The molecule has 0 saturated heterocycles. The molecule has 0 bridgehead atoms. The fourth-order valence-electron chi connectivity index (χ4n) is 1.73. The molecule has 0 saturated carbocycles. The molecule has 0 aliphatic carbocycles. The molecule has 2 rings (SSSR count). The molecule has 3 nitrogen and oxygen atoms in total. The minimum absolute atomic E-state index is 0.294. The summed E-state index contributed by atoms with van der Waals surface area (Å²) in [6.07, 6.45) is 0. The van der Waals surface area contributed by atoms with Crippen molar-refractivity contribution >= 4 is 11.7 Å². The number of aromatic carboxylic acids is 1. The second-order valence-corrected chi connectivity index (χ2v) is 3.96. The van der Waals surface area contributed by atoms with Gasteiger partial charge in [0.1, 0.15) is 0 Å². The number of anilines is 1. The van der Waals surface area contributed by atoms with Gasteiger partial charge in [0, 0.05) is 5.69 Å². The molecular weight excluding hydrogens is 214 g/mol. The third-order valence-corrected chi connectivity index (χ3v) is 2.71. The maximum atomic E-state index is 10.9. The molecule has 3 heteroatoms. The van der Waals surface area contributed by atoms with E-state index in [9.17, 15) is 4.79 Å². The van der Waals surface area contributed by atoms with Gasteiger partial charge in [-0.15, -0.1) is 0 Å². The Labute approximate surface area is 99.5 Å². The smallest absolute Gasteiger partial charge is 0.335 e. The van der Waals surface area contributed by atoms with Gasteiger partial charge < -0.3 is 10.8 Å². The van der Waals surface area contributed by atoms with Gasteiger partial charge in [-0.1, -0.05) is 18.2 Å². The third kappa shape index (κ3) is 2.28. The maximum absolute atomic E-state index is 10.9. The SMILES string of the molecule is Cc1ccc(C(=O)O)cc1-c1ccc(N)cc1. The van der Waals surface area contributed by atoms with Crippen LogP contribution in [0.4, 0.5) is 5.69 Å². The molecule has 0 fully saturated rings. The predicted octanol–water partition coefficient (Wildman–Crippen LogP) is 2.94. The Balaban J connectivity index is 2.54. The van der Waals surface area contributed by atoms with Crippen molar-refractivity contribution in [3.05, 3.63) is 53.6 Å². The zero-order valence-electron chi connectivity index (χ0n) is 9.47. The van der Waals surface area contributed by atoms with Gasteiger partial charge in [0.2, 0.25) is 0 Å². The summed E-state index contributed by atoms with van der Waals surface area (Å²) in [6.45, 7) is 1.96. The van der Waals surface area contributed by atoms with E-state index in [1.54, 1.807) is 12.1 Å². The molecule has 86 valence electrons. The lowest BCUT2D eigenvalue weighted by Gasteiger charge is -2.07. The van der Waals surface area contributed by atoms with Crippen LogP contribution in [0.1, 0.15) is 15.9 Å². The summed E-state index contributed by atoms with van der Waals surface area (Å²) in [5.74, 6) is -0.915. The topological polar surface area (TPSA) is 63.3 Å². The van der Waals surface area contributed by atoms with E-state index in [0.29, 0.717) is 11.3 Å². The van der Waals surface area contributed by atoms with Gasteiger partial charge in [-0.05, 0) is 47.9 Å². The van der Waals surface area contributed by atoms with Crippen LogP contribution >= 0.6 is 0 Å². The van der Waals surface area contributed by atoms with E-state index in [4.69, 9.17) is 10.8 Å².